The summed E-state index contributed by atoms with van der Waals surface area (Å²) in [4.78, 5) is 13.2. The van der Waals surface area contributed by atoms with Gasteiger partial charge in [-0.25, -0.2) is 9.97 Å². The molecule has 0 spiro atoms. The Bertz CT molecular complexity index is 993. The number of hydrogen-bond donors (Lipinski definition) is 2. The molecular formula is C18H16N6. The van der Waals surface area contributed by atoms with Crippen LogP contribution in [0.3, 0.4) is 0 Å². The van der Waals surface area contributed by atoms with E-state index in [2.05, 4.69) is 9.97 Å². The molecule has 4 aromatic rings. The number of pyridine rings is 1. The average Bonchev–Trinajstić information content (AvgIpc) is 3.09. The van der Waals surface area contributed by atoms with E-state index in [1.165, 1.54) is 0 Å². The van der Waals surface area contributed by atoms with Crippen LogP contribution in [-0.2, 0) is 0 Å². The Morgan fingerprint density at radius 3 is 2.67 bits per heavy atom. The summed E-state index contributed by atoms with van der Waals surface area (Å²) < 4.78 is 1.93. The maximum absolute atomic E-state index is 6.45. The molecule has 24 heavy (non-hydrogen) atoms. The van der Waals surface area contributed by atoms with Crippen LogP contribution in [0.25, 0.3) is 16.9 Å². The lowest BCUT2D eigenvalue weighted by Crippen LogP contribution is -2.16. The second-order valence-corrected chi connectivity index (χ2v) is 5.55. The van der Waals surface area contributed by atoms with Crippen LogP contribution >= 0.6 is 0 Å². The van der Waals surface area contributed by atoms with Crippen LogP contribution in [0, 0.1) is 0 Å². The van der Waals surface area contributed by atoms with E-state index < -0.39 is 0 Å². The predicted octanol–water partition coefficient (Wildman–Crippen LogP) is 2.42. The normalized spacial score (nSPS) is 12.4. The Balaban J connectivity index is 1.90. The molecule has 0 amide bonds. The number of nitrogens with two attached hydrogens (primary N) is 2. The van der Waals surface area contributed by atoms with Gasteiger partial charge in [-0.3, -0.25) is 4.98 Å². The first-order valence-corrected chi connectivity index (χ1v) is 7.57. The molecule has 3 aromatic heterocycles. The van der Waals surface area contributed by atoms with E-state index >= 15 is 0 Å². The van der Waals surface area contributed by atoms with Crippen LogP contribution in [0.15, 0.2) is 67.4 Å². The van der Waals surface area contributed by atoms with Crippen LogP contribution in [0.2, 0.25) is 0 Å². The summed E-state index contributed by atoms with van der Waals surface area (Å²) in [6.45, 7) is 0. The summed E-state index contributed by atoms with van der Waals surface area (Å²) in [5.74, 6) is 0. The molecule has 4 N–H and O–H groups in total. The van der Waals surface area contributed by atoms with E-state index in [4.69, 9.17) is 16.5 Å². The number of fused-ring (bicyclic) bond motifs is 1. The number of benzene rings is 1. The van der Waals surface area contributed by atoms with Crippen molar-refractivity contribution >= 4 is 11.3 Å². The van der Waals surface area contributed by atoms with E-state index in [-0.39, 0.29) is 6.04 Å². The minimum atomic E-state index is -0.390. The number of anilines is 1. The molecule has 0 radical (unpaired) electrons. The molecule has 0 aliphatic heterocycles. The van der Waals surface area contributed by atoms with Gasteiger partial charge in [-0.15, -0.1) is 0 Å². The van der Waals surface area contributed by atoms with Gasteiger partial charge in [0.15, 0.2) is 5.65 Å². The van der Waals surface area contributed by atoms with E-state index in [0.29, 0.717) is 11.4 Å². The van der Waals surface area contributed by atoms with Crippen molar-refractivity contribution in [1.29, 1.82) is 0 Å². The molecule has 0 saturated heterocycles. The summed E-state index contributed by atoms with van der Waals surface area (Å²) in [5.41, 5.74) is 17.2. The van der Waals surface area contributed by atoms with Crippen LogP contribution in [-0.4, -0.2) is 19.4 Å². The zero-order chi connectivity index (χ0) is 16.5. The van der Waals surface area contributed by atoms with Gasteiger partial charge in [0.05, 0.1) is 11.7 Å². The maximum Gasteiger partial charge on any atom is 0.160 e. The number of nitrogen functional groups attached to an aromatic ring is 1. The van der Waals surface area contributed by atoms with E-state index in [1.54, 1.807) is 18.6 Å². The highest BCUT2D eigenvalue weighted by Gasteiger charge is 2.17. The van der Waals surface area contributed by atoms with Crippen molar-refractivity contribution in [2.24, 2.45) is 5.73 Å². The van der Waals surface area contributed by atoms with Gasteiger partial charge in [0.1, 0.15) is 5.69 Å². The number of imidazole rings is 1. The van der Waals surface area contributed by atoms with Crippen molar-refractivity contribution in [3.05, 3.63) is 78.6 Å². The summed E-state index contributed by atoms with van der Waals surface area (Å²) in [7, 11) is 0. The number of nitrogens with zero attached hydrogens (tertiary/aromatic N) is 4. The van der Waals surface area contributed by atoms with Gasteiger partial charge in [0.2, 0.25) is 0 Å². The largest absolute Gasteiger partial charge is 0.399 e. The minimum Gasteiger partial charge on any atom is -0.399 e. The maximum atomic E-state index is 6.45. The van der Waals surface area contributed by atoms with Crippen LogP contribution < -0.4 is 11.5 Å². The van der Waals surface area contributed by atoms with Crippen molar-refractivity contribution in [3.8, 4) is 11.3 Å². The van der Waals surface area contributed by atoms with Gasteiger partial charge in [-0.1, -0.05) is 12.1 Å². The lowest BCUT2D eigenvalue weighted by Gasteiger charge is -2.14. The zero-order valence-electron chi connectivity index (χ0n) is 12.9. The quantitative estimate of drug-likeness (QED) is 0.566. The Labute approximate surface area is 138 Å². The lowest BCUT2D eigenvalue weighted by molar-refractivity contribution is 0.823. The van der Waals surface area contributed by atoms with Gasteiger partial charge in [0, 0.05) is 42.2 Å². The number of rotatable bonds is 3. The fourth-order valence-electron chi connectivity index (χ4n) is 2.73. The molecule has 6 nitrogen and oxygen atoms in total. The molecule has 1 atom stereocenters. The van der Waals surface area contributed by atoms with Crippen molar-refractivity contribution in [3.63, 3.8) is 0 Å². The molecule has 118 valence electrons. The topological polar surface area (TPSA) is 95.1 Å². The van der Waals surface area contributed by atoms with Gasteiger partial charge < -0.3 is 15.9 Å². The zero-order valence-corrected chi connectivity index (χ0v) is 12.9. The summed E-state index contributed by atoms with van der Waals surface area (Å²) >= 11 is 0. The standard InChI is InChI=1S/C18H16N6/c19-14-3-1-2-13(10-14)15-11-24-9-8-22-18(24)17(23-15)16(20)12-4-6-21-7-5-12/h1-11,16H,19-20H2. The van der Waals surface area contributed by atoms with Gasteiger partial charge in [-0.2, -0.15) is 0 Å². The fourth-order valence-corrected chi connectivity index (χ4v) is 2.73. The summed E-state index contributed by atoms with van der Waals surface area (Å²) in [6, 6.07) is 11.0. The summed E-state index contributed by atoms with van der Waals surface area (Å²) in [5, 5.41) is 0. The third-order valence-electron chi connectivity index (χ3n) is 3.94. The van der Waals surface area contributed by atoms with Crippen LogP contribution in [0.4, 0.5) is 5.69 Å². The first kappa shape index (κ1) is 14.3. The second kappa shape index (κ2) is 5.75. The predicted molar refractivity (Wildman–Crippen MR) is 93.1 cm³/mol. The highest BCUT2D eigenvalue weighted by molar-refractivity contribution is 5.65. The average molecular weight is 316 g/mol. The molecule has 0 aliphatic rings. The second-order valence-electron chi connectivity index (χ2n) is 5.55. The number of hydrogen-bond acceptors (Lipinski definition) is 5. The Hall–Kier alpha value is -3.25. The highest BCUT2D eigenvalue weighted by Crippen LogP contribution is 2.26. The van der Waals surface area contributed by atoms with E-state index in [1.807, 2.05) is 53.2 Å². The molecule has 0 fully saturated rings. The van der Waals surface area contributed by atoms with Gasteiger partial charge in [-0.05, 0) is 29.8 Å². The molecule has 3 heterocycles. The van der Waals surface area contributed by atoms with Crippen LogP contribution in [0.5, 0.6) is 0 Å². The van der Waals surface area contributed by atoms with Gasteiger partial charge >= 0.3 is 0 Å². The first-order chi connectivity index (χ1) is 11.7. The molecule has 1 aromatic carbocycles. The number of aromatic nitrogens is 4. The minimum absolute atomic E-state index is 0.390. The fraction of sp³-hybridized carbons (Fsp3) is 0.0556. The van der Waals surface area contributed by atoms with Crippen molar-refractivity contribution < 1.29 is 0 Å². The van der Waals surface area contributed by atoms with Crippen molar-refractivity contribution in [2.75, 3.05) is 5.73 Å². The lowest BCUT2D eigenvalue weighted by atomic mass is 10.1. The Kier molecular flexibility index (Phi) is 3.44. The van der Waals surface area contributed by atoms with Crippen LogP contribution in [0.1, 0.15) is 17.3 Å². The Morgan fingerprint density at radius 1 is 1.04 bits per heavy atom. The molecular weight excluding hydrogens is 300 g/mol. The molecule has 6 heteroatoms. The third-order valence-corrected chi connectivity index (χ3v) is 3.94. The highest BCUT2D eigenvalue weighted by atomic mass is 15.0. The third kappa shape index (κ3) is 2.49. The molecule has 4 rings (SSSR count). The molecule has 1 unspecified atom stereocenters. The molecule has 0 saturated carbocycles. The van der Waals surface area contributed by atoms with E-state index in [9.17, 15) is 0 Å². The SMILES string of the molecule is Nc1cccc(-c2cn3ccnc3c(C(N)c3ccncc3)n2)c1. The molecule has 0 bridgehead atoms. The molecule has 0 aliphatic carbocycles. The monoisotopic (exact) mass is 316 g/mol. The van der Waals surface area contributed by atoms with Gasteiger partial charge in [0.25, 0.3) is 0 Å². The Morgan fingerprint density at radius 2 is 1.88 bits per heavy atom. The summed E-state index contributed by atoms with van der Waals surface area (Å²) in [6.07, 6.45) is 9.00. The first-order valence-electron chi connectivity index (χ1n) is 7.57. The van der Waals surface area contributed by atoms with Crippen molar-refractivity contribution in [2.45, 2.75) is 6.04 Å². The van der Waals surface area contributed by atoms with Crippen molar-refractivity contribution in [1.82, 2.24) is 19.4 Å². The van der Waals surface area contributed by atoms with E-state index in [0.717, 1.165) is 22.5 Å². The smallest absolute Gasteiger partial charge is 0.160 e.